The van der Waals surface area contributed by atoms with Crippen molar-refractivity contribution in [2.45, 2.75) is 25.7 Å². The van der Waals surface area contributed by atoms with Crippen LogP contribution < -0.4 is 5.32 Å². The lowest BCUT2D eigenvalue weighted by atomic mass is 9.73. The Bertz CT molecular complexity index is 302. The van der Waals surface area contributed by atoms with Gasteiger partial charge in [0, 0.05) is 6.54 Å². The molecule has 2 aliphatic rings. The van der Waals surface area contributed by atoms with Gasteiger partial charge in [-0.05, 0) is 43.1 Å². The third kappa shape index (κ3) is 3.15. The molecule has 96 valence electrons. The van der Waals surface area contributed by atoms with Gasteiger partial charge in [-0.1, -0.05) is 0 Å². The first-order valence-corrected chi connectivity index (χ1v) is 7.42. The number of carboxylic acids is 1. The smallest absolute Gasteiger partial charge is 0.307 e. The van der Waals surface area contributed by atoms with E-state index in [4.69, 9.17) is 5.11 Å². The van der Waals surface area contributed by atoms with Gasteiger partial charge in [0.2, 0.25) is 5.91 Å². The number of carbonyl (C=O) groups excluding carboxylic acids is 1. The number of thioether (sulfide) groups is 1. The van der Waals surface area contributed by atoms with Gasteiger partial charge in [0.25, 0.3) is 0 Å². The normalized spacial score (nSPS) is 29.4. The van der Waals surface area contributed by atoms with E-state index in [9.17, 15) is 9.59 Å². The highest BCUT2D eigenvalue weighted by Crippen LogP contribution is 2.34. The van der Waals surface area contributed by atoms with Crippen molar-refractivity contribution in [1.82, 2.24) is 5.32 Å². The molecule has 4 nitrogen and oxygen atoms in total. The van der Waals surface area contributed by atoms with E-state index in [-0.39, 0.29) is 11.8 Å². The fourth-order valence-electron chi connectivity index (χ4n) is 2.44. The van der Waals surface area contributed by atoms with Gasteiger partial charge in [-0.25, -0.2) is 0 Å². The zero-order valence-electron chi connectivity index (χ0n) is 9.85. The fraction of sp³-hybridized carbons (Fsp3) is 0.833. The van der Waals surface area contributed by atoms with Crippen molar-refractivity contribution in [2.75, 3.05) is 18.1 Å². The van der Waals surface area contributed by atoms with E-state index < -0.39 is 11.9 Å². The van der Waals surface area contributed by atoms with Gasteiger partial charge in [-0.2, -0.15) is 11.8 Å². The van der Waals surface area contributed by atoms with E-state index in [0.717, 1.165) is 25.8 Å². The number of amides is 1. The van der Waals surface area contributed by atoms with Gasteiger partial charge in [0.1, 0.15) is 0 Å². The van der Waals surface area contributed by atoms with Crippen LogP contribution in [0.15, 0.2) is 0 Å². The van der Waals surface area contributed by atoms with Gasteiger partial charge in [-0.3, -0.25) is 9.59 Å². The van der Waals surface area contributed by atoms with Crippen LogP contribution in [0.4, 0.5) is 0 Å². The zero-order valence-corrected chi connectivity index (χ0v) is 10.7. The summed E-state index contributed by atoms with van der Waals surface area (Å²) in [6.45, 7) is 0.724. The Morgan fingerprint density at radius 2 is 1.76 bits per heavy atom. The Kier molecular flexibility index (Phi) is 4.31. The standard InChI is InChI=1S/C12H19NO3S/c14-11(9-1-2-10(9)12(15)16)13-7-8-3-5-17-6-4-8/h8-10H,1-7H2,(H,13,14)(H,15,16). The predicted octanol–water partition coefficient (Wildman–Crippen LogP) is 1.36. The monoisotopic (exact) mass is 257 g/mol. The number of nitrogens with one attached hydrogen (secondary N) is 1. The maximum Gasteiger partial charge on any atom is 0.307 e. The molecule has 1 saturated heterocycles. The maximum absolute atomic E-state index is 11.8. The van der Waals surface area contributed by atoms with Crippen molar-refractivity contribution < 1.29 is 14.7 Å². The summed E-state index contributed by atoms with van der Waals surface area (Å²) < 4.78 is 0. The fourth-order valence-corrected chi connectivity index (χ4v) is 3.64. The van der Waals surface area contributed by atoms with Crippen LogP contribution in [0, 0.1) is 17.8 Å². The molecule has 0 spiro atoms. The second kappa shape index (κ2) is 5.76. The molecule has 1 aliphatic carbocycles. The lowest BCUT2D eigenvalue weighted by Gasteiger charge is -2.32. The molecule has 0 aromatic rings. The van der Waals surface area contributed by atoms with Crippen LogP contribution in [0.25, 0.3) is 0 Å². The van der Waals surface area contributed by atoms with E-state index in [0.29, 0.717) is 12.3 Å². The third-order valence-electron chi connectivity index (χ3n) is 3.83. The number of rotatable bonds is 4. The molecule has 0 radical (unpaired) electrons. The lowest BCUT2D eigenvalue weighted by Crippen LogP contribution is -2.45. The molecule has 5 heteroatoms. The molecule has 0 aromatic heterocycles. The van der Waals surface area contributed by atoms with Crippen LogP contribution in [0.5, 0.6) is 0 Å². The second-order valence-electron chi connectivity index (χ2n) is 4.93. The summed E-state index contributed by atoms with van der Waals surface area (Å²) in [7, 11) is 0. The van der Waals surface area contributed by atoms with Crippen LogP contribution in [0.3, 0.4) is 0 Å². The molecule has 1 saturated carbocycles. The Labute approximate surface area is 106 Å². The van der Waals surface area contributed by atoms with E-state index in [1.54, 1.807) is 0 Å². The molecule has 2 fully saturated rings. The van der Waals surface area contributed by atoms with Crippen molar-refractivity contribution >= 4 is 23.6 Å². The van der Waals surface area contributed by atoms with Gasteiger partial charge in [0.15, 0.2) is 0 Å². The van der Waals surface area contributed by atoms with Gasteiger partial charge in [-0.15, -0.1) is 0 Å². The first-order chi connectivity index (χ1) is 8.18. The van der Waals surface area contributed by atoms with Crippen LogP contribution in [0.2, 0.25) is 0 Å². The highest BCUT2D eigenvalue weighted by atomic mass is 32.2. The SMILES string of the molecule is O=C(O)C1CCC1C(=O)NCC1CCSCC1. The molecule has 2 rings (SSSR count). The highest BCUT2D eigenvalue weighted by molar-refractivity contribution is 7.99. The predicted molar refractivity (Wildman–Crippen MR) is 66.9 cm³/mol. The molecule has 0 aromatic carbocycles. The Morgan fingerprint density at radius 1 is 1.12 bits per heavy atom. The van der Waals surface area contributed by atoms with E-state index in [1.165, 1.54) is 11.5 Å². The maximum atomic E-state index is 11.8. The average molecular weight is 257 g/mol. The minimum absolute atomic E-state index is 0.0538. The van der Waals surface area contributed by atoms with E-state index >= 15 is 0 Å². The topological polar surface area (TPSA) is 66.4 Å². The molecule has 1 aliphatic heterocycles. The molecule has 1 heterocycles. The molecule has 1 amide bonds. The third-order valence-corrected chi connectivity index (χ3v) is 4.88. The van der Waals surface area contributed by atoms with E-state index in [2.05, 4.69) is 5.32 Å². The van der Waals surface area contributed by atoms with Crippen molar-refractivity contribution in [2.24, 2.45) is 17.8 Å². The van der Waals surface area contributed by atoms with E-state index in [1.807, 2.05) is 11.8 Å². The molecular formula is C12H19NO3S. The largest absolute Gasteiger partial charge is 0.481 e. The first-order valence-electron chi connectivity index (χ1n) is 6.26. The summed E-state index contributed by atoms with van der Waals surface area (Å²) in [4.78, 5) is 22.6. The van der Waals surface area contributed by atoms with Gasteiger partial charge < -0.3 is 10.4 Å². The molecule has 2 atom stereocenters. The van der Waals surface area contributed by atoms with Crippen LogP contribution in [-0.2, 0) is 9.59 Å². The lowest BCUT2D eigenvalue weighted by molar-refractivity contribution is -0.152. The quantitative estimate of drug-likeness (QED) is 0.798. The minimum atomic E-state index is -0.828. The van der Waals surface area contributed by atoms with Gasteiger partial charge >= 0.3 is 5.97 Å². The summed E-state index contributed by atoms with van der Waals surface area (Å²) in [6.07, 6.45) is 3.70. The number of aliphatic carboxylic acids is 1. The van der Waals surface area contributed by atoms with Crippen molar-refractivity contribution in [3.8, 4) is 0 Å². The Morgan fingerprint density at radius 3 is 2.29 bits per heavy atom. The van der Waals surface area contributed by atoms with Gasteiger partial charge in [0.05, 0.1) is 11.8 Å². The minimum Gasteiger partial charge on any atom is -0.481 e. The number of hydrogen-bond acceptors (Lipinski definition) is 3. The van der Waals surface area contributed by atoms with Crippen molar-refractivity contribution in [3.05, 3.63) is 0 Å². The number of carboxylic acid groups (broad SMARTS) is 1. The van der Waals surface area contributed by atoms with Crippen LogP contribution in [0.1, 0.15) is 25.7 Å². The molecule has 2 unspecified atom stereocenters. The molecule has 2 N–H and O–H groups in total. The molecular weight excluding hydrogens is 238 g/mol. The van der Waals surface area contributed by atoms with Crippen molar-refractivity contribution in [3.63, 3.8) is 0 Å². The number of carbonyl (C=O) groups is 2. The van der Waals surface area contributed by atoms with Crippen LogP contribution in [-0.4, -0.2) is 35.0 Å². The summed E-state index contributed by atoms with van der Waals surface area (Å²) >= 11 is 1.97. The summed E-state index contributed by atoms with van der Waals surface area (Å²) in [6, 6.07) is 0. The highest BCUT2D eigenvalue weighted by Gasteiger charge is 2.41. The van der Waals surface area contributed by atoms with Crippen molar-refractivity contribution in [1.29, 1.82) is 0 Å². The first kappa shape index (κ1) is 12.7. The average Bonchev–Trinajstić information content (AvgIpc) is 2.25. The Balaban J connectivity index is 1.71. The number of hydrogen-bond donors (Lipinski definition) is 2. The second-order valence-corrected chi connectivity index (χ2v) is 6.15. The zero-order chi connectivity index (χ0) is 12.3. The van der Waals surface area contributed by atoms with Crippen LogP contribution >= 0.6 is 11.8 Å². The molecule has 17 heavy (non-hydrogen) atoms. The summed E-state index contributed by atoms with van der Waals surface area (Å²) in [5.74, 6) is 1.34. The summed E-state index contributed by atoms with van der Waals surface area (Å²) in [5, 5.41) is 11.8. The molecule has 0 bridgehead atoms. The Hall–Kier alpha value is -0.710. The summed E-state index contributed by atoms with van der Waals surface area (Å²) in [5.41, 5.74) is 0.